The molecule has 0 aliphatic carbocycles. The third-order valence-corrected chi connectivity index (χ3v) is 4.14. The van der Waals surface area contributed by atoms with Crippen molar-refractivity contribution in [3.8, 4) is 11.5 Å². The first-order valence-corrected chi connectivity index (χ1v) is 9.18. The van der Waals surface area contributed by atoms with Crippen molar-refractivity contribution in [2.45, 2.75) is 30.6 Å². The van der Waals surface area contributed by atoms with Gasteiger partial charge in [0.2, 0.25) is 0 Å². The van der Waals surface area contributed by atoms with Gasteiger partial charge in [0.05, 0.1) is 13.2 Å². The molecule has 0 atom stereocenters. The Morgan fingerprint density at radius 3 is 2.04 bits per heavy atom. The van der Waals surface area contributed by atoms with Crippen molar-refractivity contribution >= 4 is 23.6 Å². The van der Waals surface area contributed by atoms with Crippen LogP contribution in [0.4, 0.5) is 8.78 Å². The molecule has 0 radical (unpaired) electrons. The lowest BCUT2D eigenvalue weighted by Gasteiger charge is -2.14. The van der Waals surface area contributed by atoms with Gasteiger partial charge in [-0.15, -0.1) is 0 Å². The molecule has 9 heteroatoms. The highest BCUT2D eigenvalue weighted by molar-refractivity contribution is 7.99. The van der Waals surface area contributed by atoms with E-state index in [0.717, 1.165) is 0 Å². The van der Waals surface area contributed by atoms with E-state index in [1.54, 1.807) is 6.07 Å². The fraction of sp³-hybridized carbons (Fsp3) is 0.263. The van der Waals surface area contributed by atoms with Crippen molar-refractivity contribution < 1.29 is 27.8 Å². The van der Waals surface area contributed by atoms with Gasteiger partial charge in [-0.2, -0.15) is 8.78 Å². The van der Waals surface area contributed by atoms with Gasteiger partial charge >= 0.3 is 0 Å². The third kappa shape index (κ3) is 6.12. The quantitative estimate of drug-likeness (QED) is 0.535. The molecular weight excluding hydrogens is 390 g/mol. The number of methoxy groups -OCH3 is 1. The molecule has 2 N–H and O–H groups in total. The Labute approximate surface area is 165 Å². The van der Waals surface area contributed by atoms with E-state index in [-0.39, 0.29) is 17.2 Å². The van der Waals surface area contributed by atoms with Crippen LogP contribution in [0.15, 0.2) is 47.4 Å². The SMILES string of the molecule is COc1cc(C(=O)NNC(=O)c2ccc(SC(F)F)cc2)ccc1OC(C)C. The molecule has 6 nitrogen and oxygen atoms in total. The molecular formula is C19H20F2N2O4S. The van der Waals surface area contributed by atoms with E-state index in [4.69, 9.17) is 9.47 Å². The minimum atomic E-state index is -2.53. The third-order valence-electron chi connectivity index (χ3n) is 3.42. The van der Waals surface area contributed by atoms with Crippen molar-refractivity contribution in [2.24, 2.45) is 0 Å². The molecule has 2 amide bonds. The van der Waals surface area contributed by atoms with E-state index in [0.29, 0.717) is 28.2 Å². The number of benzene rings is 2. The lowest BCUT2D eigenvalue weighted by atomic mass is 10.2. The Morgan fingerprint density at radius 2 is 1.50 bits per heavy atom. The van der Waals surface area contributed by atoms with E-state index in [1.165, 1.54) is 43.5 Å². The van der Waals surface area contributed by atoms with Crippen LogP contribution in [0.3, 0.4) is 0 Å². The summed E-state index contributed by atoms with van der Waals surface area (Å²) in [7, 11) is 1.46. The number of nitrogens with one attached hydrogen (secondary N) is 2. The second kappa shape index (κ2) is 9.93. The largest absolute Gasteiger partial charge is 0.493 e. The summed E-state index contributed by atoms with van der Waals surface area (Å²) in [6.07, 6.45) is -0.0571. The van der Waals surface area contributed by atoms with Crippen molar-refractivity contribution in [3.05, 3.63) is 53.6 Å². The van der Waals surface area contributed by atoms with Gasteiger partial charge in [-0.3, -0.25) is 20.4 Å². The number of ether oxygens (including phenoxy) is 2. The maximum Gasteiger partial charge on any atom is 0.288 e. The predicted octanol–water partition coefficient (Wildman–Crippen LogP) is 3.87. The zero-order valence-electron chi connectivity index (χ0n) is 15.5. The van der Waals surface area contributed by atoms with Crippen LogP contribution in [0, 0.1) is 0 Å². The second-order valence-corrected chi connectivity index (χ2v) is 6.91. The van der Waals surface area contributed by atoms with Gasteiger partial charge in [0.25, 0.3) is 17.6 Å². The van der Waals surface area contributed by atoms with Crippen LogP contribution in [0.2, 0.25) is 0 Å². The first kappa shape index (κ1) is 21.5. The highest BCUT2D eigenvalue weighted by Crippen LogP contribution is 2.29. The molecule has 2 aromatic carbocycles. The van der Waals surface area contributed by atoms with Crippen LogP contribution in [0.25, 0.3) is 0 Å². The van der Waals surface area contributed by atoms with Gasteiger partial charge in [0.15, 0.2) is 11.5 Å². The fourth-order valence-corrected chi connectivity index (χ4v) is 2.70. The first-order valence-electron chi connectivity index (χ1n) is 8.30. The highest BCUT2D eigenvalue weighted by atomic mass is 32.2. The molecule has 2 rings (SSSR count). The second-order valence-electron chi connectivity index (χ2n) is 5.84. The maximum atomic E-state index is 12.3. The molecule has 0 spiro atoms. The molecule has 150 valence electrons. The molecule has 0 aromatic heterocycles. The monoisotopic (exact) mass is 410 g/mol. The van der Waals surface area contributed by atoms with Crippen molar-refractivity contribution in [3.63, 3.8) is 0 Å². The average Bonchev–Trinajstić information content (AvgIpc) is 2.65. The maximum absolute atomic E-state index is 12.3. The van der Waals surface area contributed by atoms with E-state index >= 15 is 0 Å². The number of carbonyl (C=O) groups is 2. The summed E-state index contributed by atoms with van der Waals surface area (Å²) in [4.78, 5) is 24.7. The zero-order valence-corrected chi connectivity index (χ0v) is 16.3. The number of hydrogen-bond donors (Lipinski definition) is 2. The summed E-state index contributed by atoms with van der Waals surface area (Å²) < 4.78 is 35.4. The van der Waals surface area contributed by atoms with Crippen LogP contribution < -0.4 is 20.3 Å². The van der Waals surface area contributed by atoms with Crippen molar-refractivity contribution in [2.75, 3.05) is 7.11 Å². The van der Waals surface area contributed by atoms with E-state index in [9.17, 15) is 18.4 Å². The van der Waals surface area contributed by atoms with Crippen LogP contribution in [0.1, 0.15) is 34.6 Å². The molecule has 0 aliphatic heterocycles. The van der Waals surface area contributed by atoms with Gasteiger partial charge in [0.1, 0.15) is 0 Å². The summed E-state index contributed by atoms with van der Waals surface area (Å²) in [6.45, 7) is 3.74. The minimum absolute atomic E-state index is 0.0571. The lowest BCUT2D eigenvalue weighted by molar-refractivity contribution is 0.0846. The van der Waals surface area contributed by atoms with Crippen LogP contribution in [-0.2, 0) is 0 Å². The Morgan fingerprint density at radius 1 is 0.929 bits per heavy atom. The first-order chi connectivity index (χ1) is 13.3. The Balaban J connectivity index is 1.98. The molecule has 0 saturated carbocycles. The number of thioether (sulfide) groups is 1. The van der Waals surface area contributed by atoms with Crippen LogP contribution in [0.5, 0.6) is 11.5 Å². The smallest absolute Gasteiger partial charge is 0.288 e. The Bertz CT molecular complexity index is 829. The molecule has 0 saturated heterocycles. The highest BCUT2D eigenvalue weighted by Gasteiger charge is 2.14. The zero-order chi connectivity index (χ0) is 20.7. The topological polar surface area (TPSA) is 76.7 Å². The predicted molar refractivity (Wildman–Crippen MR) is 102 cm³/mol. The van der Waals surface area contributed by atoms with E-state index in [2.05, 4.69) is 10.9 Å². The van der Waals surface area contributed by atoms with Gasteiger partial charge in [-0.05, 0) is 56.3 Å². The number of rotatable bonds is 7. The average molecular weight is 410 g/mol. The summed E-state index contributed by atoms with van der Waals surface area (Å²) in [6, 6.07) is 10.3. The molecule has 28 heavy (non-hydrogen) atoms. The molecule has 0 unspecified atom stereocenters. The number of amides is 2. The summed E-state index contributed by atoms with van der Waals surface area (Å²) in [5, 5.41) is 0. The van der Waals surface area contributed by atoms with Crippen LogP contribution >= 0.6 is 11.8 Å². The standard InChI is InChI=1S/C19H20F2N2O4S/c1-11(2)27-15-9-6-13(10-16(15)26-3)18(25)23-22-17(24)12-4-7-14(8-5-12)28-19(20)21/h4-11,19H,1-3H3,(H,22,24)(H,23,25). The lowest BCUT2D eigenvalue weighted by Crippen LogP contribution is -2.41. The number of carbonyl (C=O) groups excluding carboxylic acids is 2. The minimum Gasteiger partial charge on any atom is -0.493 e. The molecule has 0 aliphatic rings. The Kier molecular flexibility index (Phi) is 7.62. The summed E-state index contributed by atoms with van der Waals surface area (Å²) >= 11 is 0.386. The number of hydrazine groups is 1. The normalized spacial score (nSPS) is 10.7. The van der Waals surface area contributed by atoms with Crippen LogP contribution in [-0.4, -0.2) is 30.8 Å². The van der Waals surface area contributed by atoms with Crippen molar-refractivity contribution in [1.82, 2.24) is 10.9 Å². The van der Waals surface area contributed by atoms with Crippen molar-refractivity contribution in [1.29, 1.82) is 0 Å². The van der Waals surface area contributed by atoms with E-state index < -0.39 is 17.6 Å². The number of alkyl halides is 2. The number of hydrogen-bond acceptors (Lipinski definition) is 5. The Hall–Kier alpha value is -2.81. The summed E-state index contributed by atoms with van der Waals surface area (Å²) in [5.41, 5.74) is 5.05. The molecule has 0 bridgehead atoms. The molecule has 0 fully saturated rings. The molecule has 0 heterocycles. The van der Waals surface area contributed by atoms with E-state index in [1.807, 2.05) is 13.8 Å². The van der Waals surface area contributed by atoms with Gasteiger partial charge in [0, 0.05) is 16.0 Å². The summed E-state index contributed by atoms with van der Waals surface area (Å²) in [5.74, 6) is -2.77. The fourth-order valence-electron chi connectivity index (χ4n) is 2.21. The van der Waals surface area contributed by atoms with Gasteiger partial charge < -0.3 is 9.47 Å². The van der Waals surface area contributed by atoms with Gasteiger partial charge in [-0.25, -0.2) is 0 Å². The molecule has 2 aromatic rings. The number of halogens is 2. The van der Waals surface area contributed by atoms with Gasteiger partial charge in [-0.1, -0.05) is 11.8 Å².